The van der Waals surface area contributed by atoms with E-state index < -0.39 is 0 Å². The lowest BCUT2D eigenvalue weighted by Gasteiger charge is -2.06. The van der Waals surface area contributed by atoms with E-state index in [0.717, 1.165) is 5.56 Å². The number of pyridine rings is 2. The first-order valence-electron chi connectivity index (χ1n) is 4.58. The Balaban J connectivity index is 2.22. The Kier molecular flexibility index (Phi) is 3.59. The van der Waals surface area contributed by atoms with Crippen LogP contribution < -0.4 is 4.74 Å². The van der Waals surface area contributed by atoms with E-state index in [4.69, 9.17) is 27.9 Å². The largest absolute Gasteiger partial charge is 0.436 e. The molecule has 0 amide bonds. The van der Waals surface area contributed by atoms with Crippen LogP contribution in [0.1, 0.15) is 5.56 Å². The molecule has 5 heteroatoms. The van der Waals surface area contributed by atoms with Crippen LogP contribution in [0.2, 0.25) is 5.02 Å². The van der Waals surface area contributed by atoms with Crippen LogP contribution in [0.5, 0.6) is 11.6 Å². The summed E-state index contributed by atoms with van der Waals surface area (Å²) in [5.41, 5.74) is 0.852. The standard InChI is InChI=1S/C11H8Cl2N2O/c12-5-8-4-10(13)11(15-6-8)16-9-2-1-3-14-7-9/h1-4,6-7H,5H2. The third-order valence-corrected chi connectivity index (χ3v) is 2.45. The minimum atomic E-state index is 0.350. The average molecular weight is 255 g/mol. The number of nitrogens with zero attached hydrogens (tertiary/aromatic N) is 2. The van der Waals surface area contributed by atoms with Crippen LogP contribution in [-0.4, -0.2) is 9.97 Å². The lowest BCUT2D eigenvalue weighted by molar-refractivity contribution is 0.461. The molecule has 0 aromatic carbocycles. The number of alkyl halides is 1. The molecule has 0 bridgehead atoms. The van der Waals surface area contributed by atoms with Crippen molar-refractivity contribution in [2.24, 2.45) is 0 Å². The fourth-order valence-corrected chi connectivity index (χ4v) is 1.51. The number of aromatic nitrogens is 2. The van der Waals surface area contributed by atoms with Gasteiger partial charge in [-0.25, -0.2) is 4.98 Å². The molecule has 0 radical (unpaired) electrons. The second-order valence-electron chi connectivity index (χ2n) is 3.05. The van der Waals surface area contributed by atoms with Gasteiger partial charge in [-0.2, -0.15) is 0 Å². The zero-order chi connectivity index (χ0) is 11.4. The number of rotatable bonds is 3. The van der Waals surface area contributed by atoms with Crippen LogP contribution in [0.25, 0.3) is 0 Å². The van der Waals surface area contributed by atoms with Gasteiger partial charge in [0.2, 0.25) is 5.88 Å². The van der Waals surface area contributed by atoms with E-state index in [0.29, 0.717) is 22.5 Å². The van der Waals surface area contributed by atoms with Gasteiger partial charge in [0.25, 0.3) is 0 Å². The molecule has 3 nitrogen and oxygen atoms in total. The van der Waals surface area contributed by atoms with Gasteiger partial charge >= 0.3 is 0 Å². The van der Waals surface area contributed by atoms with E-state index in [1.54, 1.807) is 36.8 Å². The van der Waals surface area contributed by atoms with Crippen molar-refractivity contribution in [2.75, 3.05) is 0 Å². The van der Waals surface area contributed by atoms with Crippen LogP contribution in [-0.2, 0) is 5.88 Å². The molecule has 0 spiro atoms. The molecule has 0 saturated carbocycles. The van der Waals surface area contributed by atoms with Crippen molar-refractivity contribution in [1.82, 2.24) is 9.97 Å². The van der Waals surface area contributed by atoms with Crippen molar-refractivity contribution in [2.45, 2.75) is 5.88 Å². The van der Waals surface area contributed by atoms with Gasteiger partial charge in [-0.3, -0.25) is 4.98 Å². The second-order valence-corrected chi connectivity index (χ2v) is 3.73. The second kappa shape index (κ2) is 5.14. The molecule has 0 unspecified atom stereocenters. The molecule has 0 N–H and O–H groups in total. The maximum Gasteiger partial charge on any atom is 0.238 e. The maximum absolute atomic E-state index is 5.99. The molecule has 2 heterocycles. The summed E-state index contributed by atoms with van der Waals surface area (Å²) in [6.45, 7) is 0. The maximum atomic E-state index is 5.99. The molecule has 0 aliphatic carbocycles. The highest BCUT2D eigenvalue weighted by Gasteiger charge is 2.05. The third kappa shape index (κ3) is 2.62. The summed E-state index contributed by atoms with van der Waals surface area (Å²) in [6, 6.07) is 5.28. The smallest absolute Gasteiger partial charge is 0.238 e. The summed E-state index contributed by atoms with van der Waals surface area (Å²) < 4.78 is 5.46. The van der Waals surface area contributed by atoms with Gasteiger partial charge in [0.1, 0.15) is 10.8 Å². The lowest BCUT2D eigenvalue weighted by Crippen LogP contribution is -1.91. The summed E-state index contributed by atoms with van der Waals surface area (Å²) >= 11 is 11.7. The minimum Gasteiger partial charge on any atom is -0.436 e. The molecule has 2 aromatic heterocycles. The van der Waals surface area contributed by atoms with E-state index in [9.17, 15) is 0 Å². The van der Waals surface area contributed by atoms with Gasteiger partial charge in [-0.15, -0.1) is 11.6 Å². The summed E-state index contributed by atoms with van der Waals surface area (Å²) in [7, 11) is 0. The van der Waals surface area contributed by atoms with Crippen LogP contribution in [0.4, 0.5) is 0 Å². The Morgan fingerprint density at radius 3 is 2.81 bits per heavy atom. The topological polar surface area (TPSA) is 35.0 Å². The molecule has 2 aromatic rings. The molecule has 0 atom stereocenters. The highest BCUT2D eigenvalue weighted by molar-refractivity contribution is 6.32. The summed E-state index contributed by atoms with van der Waals surface area (Å²) in [4.78, 5) is 8.01. The Morgan fingerprint density at radius 1 is 1.31 bits per heavy atom. The Labute approximate surface area is 103 Å². The Morgan fingerprint density at radius 2 is 2.19 bits per heavy atom. The molecule has 0 fully saturated rings. The fraction of sp³-hybridized carbons (Fsp3) is 0.0909. The van der Waals surface area contributed by atoms with E-state index in [1.165, 1.54) is 0 Å². The van der Waals surface area contributed by atoms with E-state index in [-0.39, 0.29) is 0 Å². The number of ether oxygens (including phenoxy) is 1. The predicted molar refractivity (Wildman–Crippen MR) is 63.1 cm³/mol. The number of halogens is 2. The highest BCUT2D eigenvalue weighted by atomic mass is 35.5. The molecule has 2 rings (SSSR count). The predicted octanol–water partition coefficient (Wildman–Crippen LogP) is 3.66. The van der Waals surface area contributed by atoms with Gasteiger partial charge < -0.3 is 4.74 Å². The molecule has 0 aliphatic heterocycles. The summed E-state index contributed by atoms with van der Waals surface area (Å²) in [5.74, 6) is 1.32. The van der Waals surface area contributed by atoms with Crippen LogP contribution in [0, 0.1) is 0 Å². The Bertz CT molecular complexity index is 477. The zero-order valence-corrected chi connectivity index (χ0v) is 9.74. The van der Waals surface area contributed by atoms with Crippen molar-refractivity contribution in [3.8, 4) is 11.6 Å². The van der Waals surface area contributed by atoms with Crippen molar-refractivity contribution in [3.05, 3.63) is 47.4 Å². The summed E-state index contributed by atoms with van der Waals surface area (Å²) in [5, 5.41) is 0.432. The quantitative estimate of drug-likeness (QED) is 0.785. The molecule has 16 heavy (non-hydrogen) atoms. The summed E-state index contributed by atoms with van der Waals surface area (Å²) in [6.07, 6.45) is 4.89. The van der Waals surface area contributed by atoms with E-state index >= 15 is 0 Å². The number of hydrogen-bond acceptors (Lipinski definition) is 3. The van der Waals surface area contributed by atoms with Crippen LogP contribution in [0.3, 0.4) is 0 Å². The Hall–Kier alpha value is -1.32. The average Bonchev–Trinajstić information content (AvgIpc) is 2.33. The van der Waals surface area contributed by atoms with E-state index in [2.05, 4.69) is 9.97 Å². The third-order valence-electron chi connectivity index (χ3n) is 1.87. The van der Waals surface area contributed by atoms with Crippen LogP contribution in [0.15, 0.2) is 36.8 Å². The fourth-order valence-electron chi connectivity index (χ4n) is 1.13. The molecular formula is C11H8Cl2N2O. The number of hydrogen-bond donors (Lipinski definition) is 0. The van der Waals surface area contributed by atoms with Gasteiger partial charge in [-0.1, -0.05) is 11.6 Å². The zero-order valence-electron chi connectivity index (χ0n) is 8.23. The lowest BCUT2D eigenvalue weighted by atomic mass is 10.3. The van der Waals surface area contributed by atoms with Crippen molar-refractivity contribution < 1.29 is 4.74 Å². The first-order valence-corrected chi connectivity index (χ1v) is 5.49. The molecule has 0 saturated heterocycles. The normalized spacial score (nSPS) is 10.1. The SMILES string of the molecule is ClCc1cnc(Oc2cccnc2)c(Cl)c1. The van der Waals surface area contributed by atoms with Crippen LogP contribution >= 0.6 is 23.2 Å². The molecule has 82 valence electrons. The van der Waals surface area contributed by atoms with Gasteiger partial charge in [0, 0.05) is 18.3 Å². The van der Waals surface area contributed by atoms with Gasteiger partial charge in [-0.05, 0) is 23.8 Å². The molecular weight excluding hydrogens is 247 g/mol. The monoisotopic (exact) mass is 254 g/mol. The minimum absolute atomic E-state index is 0.350. The molecule has 0 aliphatic rings. The van der Waals surface area contributed by atoms with Crippen molar-refractivity contribution >= 4 is 23.2 Å². The van der Waals surface area contributed by atoms with Crippen molar-refractivity contribution in [3.63, 3.8) is 0 Å². The first-order chi connectivity index (χ1) is 7.79. The van der Waals surface area contributed by atoms with Gasteiger partial charge in [0.15, 0.2) is 0 Å². The van der Waals surface area contributed by atoms with Gasteiger partial charge in [0.05, 0.1) is 6.20 Å². The van der Waals surface area contributed by atoms with Crippen molar-refractivity contribution in [1.29, 1.82) is 0 Å². The highest BCUT2D eigenvalue weighted by Crippen LogP contribution is 2.27. The first kappa shape index (κ1) is 11.2. The van der Waals surface area contributed by atoms with E-state index in [1.807, 2.05) is 0 Å².